The minimum Gasteiger partial charge on any atom is -0.444 e. The van der Waals surface area contributed by atoms with Gasteiger partial charge < -0.3 is 19.9 Å². The number of nitrogens with zero attached hydrogens (tertiary/aromatic N) is 4. The number of piperidine rings is 2. The Bertz CT molecular complexity index is 1210. The highest BCUT2D eigenvalue weighted by Gasteiger charge is 2.39. The number of carbonyl (C=O) groups excluding carboxylic acids is 2. The summed E-state index contributed by atoms with van der Waals surface area (Å²) in [5.74, 6) is 0.207. The summed E-state index contributed by atoms with van der Waals surface area (Å²) in [7, 11) is 0. The van der Waals surface area contributed by atoms with Crippen LogP contribution in [0.25, 0.3) is 0 Å². The molecule has 0 aliphatic carbocycles. The Morgan fingerprint density at radius 2 is 1.83 bits per heavy atom. The number of amides is 2. The van der Waals surface area contributed by atoms with Crippen LogP contribution in [-0.4, -0.2) is 66.6 Å². The molecule has 10 nitrogen and oxygen atoms in total. The van der Waals surface area contributed by atoms with Gasteiger partial charge in [0.15, 0.2) is 0 Å². The lowest BCUT2D eigenvalue weighted by Gasteiger charge is -2.40. The van der Waals surface area contributed by atoms with Crippen LogP contribution in [0.5, 0.6) is 0 Å². The molecule has 10 heteroatoms. The fourth-order valence-corrected chi connectivity index (χ4v) is 6.16. The van der Waals surface area contributed by atoms with Crippen molar-refractivity contribution in [2.75, 3.05) is 42.5 Å². The summed E-state index contributed by atoms with van der Waals surface area (Å²) in [6.45, 7) is 4.34. The second-order valence-corrected chi connectivity index (χ2v) is 10.1. The van der Waals surface area contributed by atoms with Crippen LogP contribution in [0.15, 0.2) is 42.5 Å². The Labute approximate surface area is 208 Å². The molecule has 2 bridgehead atoms. The van der Waals surface area contributed by atoms with Gasteiger partial charge in [-0.05, 0) is 49.9 Å². The number of cyclic esters (lactones) is 1. The van der Waals surface area contributed by atoms with E-state index in [0.29, 0.717) is 43.1 Å². The highest BCUT2D eigenvalue weighted by atomic mass is 16.6. The average molecular weight is 492 g/mol. The van der Waals surface area contributed by atoms with Crippen LogP contribution in [-0.2, 0) is 11.3 Å². The number of anilines is 2. The van der Waals surface area contributed by atoms with Crippen LogP contribution >= 0.6 is 0 Å². The van der Waals surface area contributed by atoms with Crippen molar-refractivity contribution >= 4 is 29.1 Å². The maximum absolute atomic E-state index is 12.9. The Morgan fingerprint density at radius 1 is 1.03 bits per heavy atom. The highest BCUT2D eigenvalue weighted by molar-refractivity contribution is 5.96. The summed E-state index contributed by atoms with van der Waals surface area (Å²) in [5.41, 5.74) is 2.60. The Kier molecular flexibility index (Phi) is 5.75. The zero-order chi connectivity index (χ0) is 24.8. The summed E-state index contributed by atoms with van der Waals surface area (Å²) in [4.78, 5) is 43.0. The van der Waals surface area contributed by atoms with Gasteiger partial charge in [-0.25, -0.2) is 4.79 Å². The lowest BCUT2D eigenvalue weighted by atomic mass is 9.99. The zero-order valence-electron chi connectivity index (χ0n) is 20.0. The largest absolute Gasteiger partial charge is 0.444 e. The summed E-state index contributed by atoms with van der Waals surface area (Å²) < 4.78 is 5.37. The first-order valence-electron chi connectivity index (χ1n) is 12.6. The number of nitro groups is 1. The Hall–Kier alpha value is -3.66. The zero-order valence-corrected chi connectivity index (χ0v) is 20.0. The molecule has 36 heavy (non-hydrogen) atoms. The number of ether oxygens (including phenoxy) is 1. The van der Waals surface area contributed by atoms with Gasteiger partial charge in [-0.1, -0.05) is 18.2 Å². The summed E-state index contributed by atoms with van der Waals surface area (Å²) in [6, 6.07) is 12.5. The third kappa shape index (κ3) is 4.05. The number of hydrogen-bond acceptors (Lipinski definition) is 7. The molecule has 6 rings (SSSR count). The quantitative estimate of drug-likeness (QED) is 0.506. The molecule has 4 heterocycles. The normalized spacial score (nSPS) is 25.4. The molecular weight excluding hydrogens is 462 g/mol. The molecule has 3 fully saturated rings. The maximum Gasteiger partial charge on any atom is 0.414 e. The smallest absolute Gasteiger partial charge is 0.414 e. The van der Waals surface area contributed by atoms with Gasteiger partial charge in [-0.15, -0.1) is 0 Å². The number of carbonyl (C=O) groups is 2. The van der Waals surface area contributed by atoms with E-state index in [9.17, 15) is 19.7 Å². The molecule has 3 saturated heterocycles. The molecule has 0 aromatic heterocycles. The number of nitrogens with one attached hydrogen (secondary N) is 1. The molecule has 0 saturated carbocycles. The third-order valence-electron chi connectivity index (χ3n) is 8.05. The monoisotopic (exact) mass is 491 g/mol. The predicted molar refractivity (Wildman–Crippen MR) is 133 cm³/mol. The predicted octanol–water partition coefficient (Wildman–Crippen LogP) is 3.15. The van der Waals surface area contributed by atoms with Gasteiger partial charge in [0.25, 0.3) is 11.6 Å². The average Bonchev–Trinajstić information content (AvgIpc) is 3.52. The number of hydrogen-bond donors (Lipinski definition) is 1. The van der Waals surface area contributed by atoms with Crippen molar-refractivity contribution in [1.82, 2.24) is 10.2 Å². The van der Waals surface area contributed by atoms with E-state index in [-0.39, 0.29) is 36.4 Å². The van der Waals surface area contributed by atoms with Crippen LogP contribution in [0.4, 0.5) is 21.9 Å². The Balaban J connectivity index is 1.16. The van der Waals surface area contributed by atoms with Crippen molar-refractivity contribution in [3.63, 3.8) is 0 Å². The lowest BCUT2D eigenvalue weighted by Crippen LogP contribution is -2.49. The molecule has 0 spiro atoms. The minimum absolute atomic E-state index is 0.0446. The molecule has 188 valence electrons. The van der Waals surface area contributed by atoms with Gasteiger partial charge in [-0.3, -0.25) is 19.8 Å². The van der Waals surface area contributed by atoms with E-state index in [1.807, 2.05) is 29.2 Å². The van der Waals surface area contributed by atoms with Gasteiger partial charge >= 0.3 is 6.09 Å². The Morgan fingerprint density at radius 3 is 2.56 bits per heavy atom. The molecule has 2 aromatic rings. The first-order chi connectivity index (χ1) is 17.5. The van der Waals surface area contributed by atoms with Gasteiger partial charge in [0.2, 0.25) is 0 Å². The van der Waals surface area contributed by atoms with Crippen LogP contribution in [0.2, 0.25) is 0 Å². The van der Waals surface area contributed by atoms with E-state index in [4.69, 9.17) is 4.74 Å². The van der Waals surface area contributed by atoms with Crippen LogP contribution in [0, 0.1) is 16.0 Å². The number of benzene rings is 2. The first-order valence-corrected chi connectivity index (χ1v) is 12.6. The highest BCUT2D eigenvalue weighted by Crippen LogP contribution is 2.36. The SMILES string of the molecule is O=C(NC1CN2CCC1C2)c1ccc(N2CCC(N3C(=O)OCc4ccccc43)CC2)c([N+](=O)[O-])c1. The molecule has 4 aliphatic rings. The van der Waals surface area contributed by atoms with E-state index < -0.39 is 4.92 Å². The van der Waals surface area contributed by atoms with Gasteiger partial charge in [0.05, 0.1) is 10.6 Å². The fraction of sp³-hybridized carbons (Fsp3) is 0.462. The summed E-state index contributed by atoms with van der Waals surface area (Å²) in [6.07, 6.45) is 2.05. The molecular formula is C26H29N5O5. The van der Waals surface area contributed by atoms with Crippen molar-refractivity contribution in [3.8, 4) is 0 Å². The standard InChI is InChI=1S/C26H29N5O5/c32-25(27-21-15-28-10-7-18(21)14-28)17-5-6-23(24(13-17)31(34)35)29-11-8-20(9-12-29)30-22-4-2-1-3-19(22)16-36-26(30)33/h1-6,13,18,20-21H,7-12,14-16H2,(H,27,32). The molecule has 1 N–H and O–H groups in total. The molecule has 3 unspecified atom stereocenters. The molecule has 2 aromatic carbocycles. The lowest BCUT2D eigenvalue weighted by molar-refractivity contribution is -0.384. The summed E-state index contributed by atoms with van der Waals surface area (Å²) >= 11 is 0. The van der Waals surface area contributed by atoms with E-state index in [1.165, 1.54) is 6.07 Å². The summed E-state index contributed by atoms with van der Waals surface area (Å²) in [5, 5.41) is 15.0. The molecule has 3 atom stereocenters. The molecule has 0 radical (unpaired) electrons. The van der Waals surface area contributed by atoms with Gasteiger partial charge in [0.1, 0.15) is 12.3 Å². The van der Waals surface area contributed by atoms with Crippen molar-refractivity contribution in [2.45, 2.75) is 38.0 Å². The number of para-hydroxylation sites is 1. The van der Waals surface area contributed by atoms with Crippen molar-refractivity contribution in [2.24, 2.45) is 5.92 Å². The van der Waals surface area contributed by atoms with Crippen LogP contribution < -0.4 is 15.1 Å². The third-order valence-corrected chi connectivity index (χ3v) is 8.05. The van der Waals surface area contributed by atoms with E-state index in [1.54, 1.807) is 17.0 Å². The van der Waals surface area contributed by atoms with Crippen LogP contribution in [0.3, 0.4) is 0 Å². The number of rotatable bonds is 5. The van der Waals surface area contributed by atoms with Gasteiger partial charge in [0, 0.05) is 55.5 Å². The van der Waals surface area contributed by atoms with E-state index in [2.05, 4.69) is 10.2 Å². The number of nitro benzene ring substituents is 1. The molecule has 4 aliphatic heterocycles. The second-order valence-electron chi connectivity index (χ2n) is 10.1. The minimum atomic E-state index is -0.417. The topological polar surface area (TPSA) is 108 Å². The molecule has 2 amide bonds. The van der Waals surface area contributed by atoms with Crippen molar-refractivity contribution < 1.29 is 19.2 Å². The fourth-order valence-electron chi connectivity index (χ4n) is 6.16. The van der Waals surface area contributed by atoms with Crippen molar-refractivity contribution in [1.29, 1.82) is 0 Å². The van der Waals surface area contributed by atoms with E-state index in [0.717, 1.165) is 37.3 Å². The van der Waals surface area contributed by atoms with Gasteiger partial charge in [-0.2, -0.15) is 0 Å². The second kappa shape index (κ2) is 9.09. The maximum atomic E-state index is 12.9. The van der Waals surface area contributed by atoms with Crippen molar-refractivity contribution in [3.05, 3.63) is 63.7 Å². The van der Waals surface area contributed by atoms with Crippen LogP contribution in [0.1, 0.15) is 35.2 Å². The number of fused-ring (bicyclic) bond motifs is 3. The van der Waals surface area contributed by atoms with E-state index >= 15 is 0 Å². The first kappa shape index (κ1) is 22.8.